The summed E-state index contributed by atoms with van der Waals surface area (Å²) >= 11 is 0. The van der Waals surface area contributed by atoms with E-state index >= 15 is 0 Å². The van der Waals surface area contributed by atoms with Crippen LogP contribution in [0.5, 0.6) is 11.6 Å². The van der Waals surface area contributed by atoms with E-state index in [-0.39, 0.29) is 35.8 Å². The Morgan fingerprint density at radius 1 is 1.25 bits per heavy atom. The van der Waals surface area contributed by atoms with E-state index in [0.717, 1.165) is 18.4 Å². The summed E-state index contributed by atoms with van der Waals surface area (Å²) in [5.74, 6) is 0.257. The number of amides is 1. The molecular formula is C22H29N3O6S. The van der Waals surface area contributed by atoms with Crippen LogP contribution < -0.4 is 14.8 Å². The molecule has 1 amide bonds. The van der Waals surface area contributed by atoms with E-state index in [1.54, 1.807) is 12.3 Å². The van der Waals surface area contributed by atoms with E-state index in [2.05, 4.69) is 17.2 Å². The lowest BCUT2D eigenvalue weighted by atomic mass is 10.2. The Labute approximate surface area is 188 Å². The van der Waals surface area contributed by atoms with Crippen LogP contribution in [0.3, 0.4) is 0 Å². The van der Waals surface area contributed by atoms with Crippen molar-refractivity contribution in [2.75, 3.05) is 40.0 Å². The molecule has 1 fully saturated rings. The first-order chi connectivity index (χ1) is 15.5. The number of rotatable bonds is 10. The summed E-state index contributed by atoms with van der Waals surface area (Å²) in [6.45, 7) is 3.99. The third-order valence-electron chi connectivity index (χ3n) is 5.04. The number of carbonyl (C=O) groups is 1. The van der Waals surface area contributed by atoms with Gasteiger partial charge in [-0.1, -0.05) is 19.4 Å². The van der Waals surface area contributed by atoms with Gasteiger partial charge in [-0.05, 0) is 30.7 Å². The number of carbonyl (C=O) groups excluding carboxylic acids is 1. The number of sulfonamides is 1. The van der Waals surface area contributed by atoms with E-state index in [0.29, 0.717) is 25.7 Å². The summed E-state index contributed by atoms with van der Waals surface area (Å²) in [4.78, 5) is 17.0. The van der Waals surface area contributed by atoms with E-state index in [9.17, 15) is 13.2 Å². The molecule has 0 unspecified atom stereocenters. The van der Waals surface area contributed by atoms with Crippen LogP contribution in [0.25, 0.3) is 0 Å². The van der Waals surface area contributed by atoms with E-state index < -0.39 is 15.9 Å². The number of pyridine rings is 1. The molecule has 174 valence electrons. The number of nitrogens with one attached hydrogen (secondary N) is 1. The first-order valence-corrected chi connectivity index (χ1v) is 12.0. The molecule has 1 aliphatic rings. The van der Waals surface area contributed by atoms with E-state index in [4.69, 9.17) is 14.2 Å². The Hall–Kier alpha value is -2.69. The fourth-order valence-electron chi connectivity index (χ4n) is 3.22. The van der Waals surface area contributed by atoms with Crippen molar-refractivity contribution in [3.63, 3.8) is 0 Å². The smallest absolute Gasteiger partial charge is 0.251 e. The Balaban J connectivity index is 1.76. The van der Waals surface area contributed by atoms with E-state index in [1.165, 1.54) is 29.6 Å². The van der Waals surface area contributed by atoms with Gasteiger partial charge in [0.25, 0.3) is 5.91 Å². The van der Waals surface area contributed by atoms with Crippen molar-refractivity contribution < 1.29 is 27.4 Å². The molecule has 9 nitrogen and oxygen atoms in total. The minimum Gasteiger partial charge on any atom is -0.495 e. The number of nitrogens with zero attached hydrogens (tertiary/aromatic N) is 2. The quantitative estimate of drug-likeness (QED) is 0.539. The standard InChI is InChI=1S/C22H29N3O6S/c1-3-4-12-31-22-18(6-5-9-23-22)16-24-21(26)17-7-8-19(29-2)20(15-17)32(27,28)25-10-13-30-14-11-25/h5-9,15H,3-4,10-14,16H2,1-2H3,(H,24,26). The molecule has 0 spiro atoms. The van der Waals surface area contributed by atoms with Gasteiger partial charge in [-0.3, -0.25) is 4.79 Å². The summed E-state index contributed by atoms with van der Waals surface area (Å²) in [6.07, 6.45) is 3.56. The van der Waals surface area contributed by atoms with Gasteiger partial charge in [0, 0.05) is 37.0 Å². The average molecular weight is 464 g/mol. The maximum atomic E-state index is 13.1. The van der Waals surface area contributed by atoms with Gasteiger partial charge in [0.05, 0.1) is 26.9 Å². The molecular weight excluding hydrogens is 434 g/mol. The highest BCUT2D eigenvalue weighted by molar-refractivity contribution is 7.89. The van der Waals surface area contributed by atoms with Crippen LogP contribution in [0.1, 0.15) is 35.7 Å². The number of unbranched alkanes of at least 4 members (excludes halogenated alkanes) is 1. The fraction of sp³-hybridized carbons (Fsp3) is 0.455. The molecule has 1 aromatic heterocycles. The molecule has 1 N–H and O–H groups in total. The van der Waals surface area contributed by atoms with Crippen molar-refractivity contribution in [3.8, 4) is 11.6 Å². The van der Waals surface area contributed by atoms with Gasteiger partial charge in [0.15, 0.2) is 0 Å². The van der Waals surface area contributed by atoms with Crippen molar-refractivity contribution in [2.45, 2.75) is 31.2 Å². The van der Waals surface area contributed by atoms with Crippen LogP contribution >= 0.6 is 0 Å². The highest BCUT2D eigenvalue weighted by Gasteiger charge is 2.30. The van der Waals surface area contributed by atoms with Gasteiger partial charge in [-0.25, -0.2) is 13.4 Å². The third kappa shape index (κ3) is 5.76. The van der Waals surface area contributed by atoms with Gasteiger partial charge < -0.3 is 19.5 Å². The Morgan fingerprint density at radius 2 is 2.03 bits per heavy atom. The third-order valence-corrected chi connectivity index (χ3v) is 6.96. The number of methoxy groups -OCH3 is 1. The summed E-state index contributed by atoms with van der Waals surface area (Å²) < 4.78 is 43.8. The number of hydrogen-bond acceptors (Lipinski definition) is 7. The number of hydrogen-bond donors (Lipinski definition) is 1. The molecule has 0 atom stereocenters. The zero-order valence-corrected chi connectivity index (χ0v) is 19.2. The van der Waals surface area contributed by atoms with Crippen LogP contribution in [0.4, 0.5) is 0 Å². The lowest BCUT2D eigenvalue weighted by Crippen LogP contribution is -2.40. The van der Waals surface area contributed by atoms with Gasteiger partial charge >= 0.3 is 0 Å². The molecule has 32 heavy (non-hydrogen) atoms. The van der Waals surface area contributed by atoms with Gasteiger partial charge in [0.1, 0.15) is 10.6 Å². The highest BCUT2D eigenvalue weighted by Crippen LogP contribution is 2.28. The maximum absolute atomic E-state index is 13.1. The van der Waals surface area contributed by atoms with Crippen molar-refractivity contribution in [3.05, 3.63) is 47.7 Å². The van der Waals surface area contributed by atoms with Crippen molar-refractivity contribution >= 4 is 15.9 Å². The van der Waals surface area contributed by atoms with Crippen LogP contribution in [0.2, 0.25) is 0 Å². The number of ether oxygens (including phenoxy) is 3. The largest absolute Gasteiger partial charge is 0.495 e. The molecule has 3 rings (SSSR count). The van der Waals surface area contributed by atoms with E-state index in [1.807, 2.05) is 6.07 Å². The van der Waals surface area contributed by atoms with Gasteiger partial charge in [0.2, 0.25) is 15.9 Å². The molecule has 1 aliphatic heterocycles. The lowest BCUT2D eigenvalue weighted by molar-refractivity contribution is 0.0729. The summed E-state index contributed by atoms with van der Waals surface area (Å²) in [7, 11) is -2.43. The van der Waals surface area contributed by atoms with Crippen LogP contribution in [-0.4, -0.2) is 63.6 Å². The minimum absolute atomic E-state index is 0.0421. The summed E-state index contributed by atoms with van der Waals surface area (Å²) in [5.41, 5.74) is 0.960. The number of morpholine rings is 1. The van der Waals surface area contributed by atoms with Crippen molar-refractivity contribution in [1.82, 2.24) is 14.6 Å². The second kappa shape index (κ2) is 11.3. The van der Waals surface area contributed by atoms with Crippen LogP contribution in [0.15, 0.2) is 41.4 Å². The highest BCUT2D eigenvalue weighted by atomic mass is 32.2. The normalized spacial score (nSPS) is 14.7. The van der Waals surface area contributed by atoms with Gasteiger partial charge in [-0.15, -0.1) is 0 Å². The van der Waals surface area contributed by atoms with Crippen LogP contribution in [0, 0.1) is 0 Å². The first kappa shape index (κ1) is 24.0. The minimum atomic E-state index is -3.83. The predicted octanol–water partition coefficient (Wildman–Crippen LogP) is 2.22. The molecule has 0 saturated carbocycles. The second-order valence-corrected chi connectivity index (χ2v) is 9.14. The van der Waals surface area contributed by atoms with Gasteiger partial charge in [-0.2, -0.15) is 4.31 Å². The molecule has 0 radical (unpaired) electrons. The molecule has 0 aliphatic carbocycles. The van der Waals surface area contributed by atoms with Crippen molar-refractivity contribution in [2.24, 2.45) is 0 Å². The Kier molecular flexibility index (Phi) is 8.43. The molecule has 1 saturated heterocycles. The van der Waals surface area contributed by atoms with Crippen LogP contribution in [-0.2, 0) is 21.3 Å². The second-order valence-electron chi connectivity index (χ2n) is 7.23. The SMILES string of the molecule is CCCCOc1ncccc1CNC(=O)c1ccc(OC)c(S(=O)(=O)N2CCOCC2)c1. The summed E-state index contributed by atoms with van der Waals surface area (Å²) in [5, 5.41) is 2.81. The average Bonchev–Trinajstić information content (AvgIpc) is 2.83. The predicted molar refractivity (Wildman–Crippen MR) is 118 cm³/mol. The Bertz CT molecular complexity index is 1020. The Morgan fingerprint density at radius 3 is 2.75 bits per heavy atom. The molecule has 0 bridgehead atoms. The fourth-order valence-corrected chi connectivity index (χ4v) is 4.81. The molecule has 2 heterocycles. The maximum Gasteiger partial charge on any atom is 0.251 e. The number of benzene rings is 1. The zero-order chi connectivity index (χ0) is 23.0. The zero-order valence-electron chi connectivity index (χ0n) is 18.4. The summed E-state index contributed by atoms with van der Waals surface area (Å²) in [6, 6.07) is 7.98. The van der Waals surface area contributed by atoms with Crippen molar-refractivity contribution in [1.29, 1.82) is 0 Å². The monoisotopic (exact) mass is 463 g/mol. The topological polar surface area (TPSA) is 107 Å². The lowest BCUT2D eigenvalue weighted by Gasteiger charge is -2.26. The molecule has 2 aromatic rings. The molecule has 1 aromatic carbocycles. The molecule has 10 heteroatoms. The number of aromatic nitrogens is 1. The first-order valence-electron chi connectivity index (χ1n) is 10.6.